The molecule has 1 aromatic carbocycles. The summed E-state index contributed by atoms with van der Waals surface area (Å²) in [6.07, 6.45) is 0. The first-order valence-electron chi connectivity index (χ1n) is 6.33. The van der Waals surface area contributed by atoms with E-state index in [1.807, 2.05) is 13.8 Å². The lowest BCUT2D eigenvalue weighted by Gasteiger charge is -2.14. The number of hydrogen-bond donors (Lipinski definition) is 0. The highest BCUT2D eigenvalue weighted by atomic mass is 35.5. The van der Waals surface area contributed by atoms with Crippen LogP contribution in [0.25, 0.3) is 11.4 Å². The van der Waals surface area contributed by atoms with Gasteiger partial charge < -0.3 is 14.2 Å². The van der Waals surface area contributed by atoms with Crippen molar-refractivity contribution in [2.75, 3.05) is 21.3 Å². The number of aryl methyl sites for hydroxylation is 1. The Morgan fingerprint density at radius 3 is 1.90 bits per heavy atom. The molecule has 21 heavy (non-hydrogen) atoms. The van der Waals surface area contributed by atoms with E-state index in [0.29, 0.717) is 28.2 Å². The van der Waals surface area contributed by atoms with E-state index < -0.39 is 0 Å². The van der Waals surface area contributed by atoms with Gasteiger partial charge in [-0.05, 0) is 26.0 Å². The summed E-state index contributed by atoms with van der Waals surface area (Å²) < 4.78 is 16.0. The third kappa shape index (κ3) is 2.88. The summed E-state index contributed by atoms with van der Waals surface area (Å²) in [5.74, 6) is 2.13. The third-order valence-electron chi connectivity index (χ3n) is 3.25. The smallest absolute Gasteiger partial charge is 0.203 e. The molecule has 0 spiro atoms. The van der Waals surface area contributed by atoms with Crippen LogP contribution in [-0.4, -0.2) is 31.3 Å². The summed E-state index contributed by atoms with van der Waals surface area (Å²) >= 11 is 6.14. The van der Waals surface area contributed by atoms with E-state index in [1.165, 1.54) is 0 Å². The Balaban J connectivity index is 2.64. The van der Waals surface area contributed by atoms with Gasteiger partial charge in [0.25, 0.3) is 0 Å². The molecule has 2 rings (SSSR count). The largest absolute Gasteiger partial charge is 0.493 e. The van der Waals surface area contributed by atoms with Crippen LogP contribution < -0.4 is 14.2 Å². The fourth-order valence-corrected chi connectivity index (χ4v) is 2.15. The van der Waals surface area contributed by atoms with Crippen molar-refractivity contribution in [3.63, 3.8) is 0 Å². The molecular weight excluding hydrogens is 292 g/mol. The van der Waals surface area contributed by atoms with Gasteiger partial charge in [0.15, 0.2) is 17.3 Å². The third-order valence-corrected chi connectivity index (χ3v) is 3.62. The molecule has 0 bridgehead atoms. The maximum atomic E-state index is 6.14. The van der Waals surface area contributed by atoms with E-state index >= 15 is 0 Å². The van der Waals surface area contributed by atoms with E-state index in [0.717, 1.165) is 16.8 Å². The Kier molecular flexibility index (Phi) is 4.53. The van der Waals surface area contributed by atoms with Gasteiger partial charge in [-0.3, -0.25) is 0 Å². The molecule has 0 fully saturated rings. The Hall–Kier alpha value is -2.01. The predicted octanol–water partition coefficient (Wildman–Crippen LogP) is 3.44. The van der Waals surface area contributed by atoms with Crippen LogP contribution in [0, 0.1) is 13.8 Å². The highest BCUT2D eigenvalue weighted by Gasteiger charge is 2.16. The zero-order valence-corrected chi connectivity index (χ0v) is 13.4. The van der Waals surface area contributed by atoms with Gasteiger partial charge in [0, 0.05) is 16.8 Å². The minimum Gasteiger partial charge on any atom is -0.493 e. The molecule has 0 radical (unpaired) electrons. The maximum Gasteiger partial charge on any atom is 0.203 e. The molecule has 5 nitrogen and oxygen atoms in total. The van der Waals surface area contributed by atoms with Crippen molar-refractivity contribution in [2.24, 2.45) is 0 Å². The molecule has 0 atom stereocenters. The second kappa shape index (κ2) is 6.18. The van der Waals surface area contributed by atoms with Crippen molar-refractivity contribution in [3.8, 4) is 28.6 Å². The highest BCUT2D eigenvalue weighted by Crippen LogP contribution is 2.40. The molecule has 0 saturated carbocycles. The second-order valence-electron chi connectivity index (χ2n) is 4.46. The van der Waals surface area contributed by atoms with Crippen LogP contribution in [0.15, 0.2) is 12.1 Å². The molecular formula is C15H17ClN2O3. The number of nitrogens with zero attached hydrogens (tertiary/aromatic N) is 2. The summed E-state index contributed by atoms with van der Waals surface area (Å²) in [6.45, 7) is 3.78. The van der Waals surface area contributed by atoms with E-state index in [1.54, 1.807) is 33.5 Å². The van der Waals surface area contributed by atoms with Crippen LogP contribution in [0.2, 0.25) is 5.15 Å². The molecule has 0 N–H and O–H groups in total. The van der Waals surface area contributed by atoms with Gasteiger partial charge in [0.1, 0.15) is 5.15 Å². The minimum absolute atomic E-state index is 0.436. The quantitative estimate of drug-likeness (QED) is 0.810. The normalized spacial score (nSPS) is 10.4. The van der Waals surface area contributed by atoms with Crippen LogP contribution in [0.1, 0.15) is 11.3 Å². The lowest BCUT2D eigenvalue weighted by molar-refractivity contribution is 0.324. The Morgan fingerprint density at radius 2 is 1.48 bits per heavy atom. The van der Waals surface area contributed by atoms with Crippen LogP contribution in [0.3, 0.4) is 0 Å². The standard InChI is InChI=1S/C15H17ClN2O3/c1-8-9(2)17-15(18-14(8)16)10-6-11(19-3)13(21-5)12(7-10)20-4/h6-7H,1-5H3. The molecule has 1 aromatic heterocycles. The van der Waals surface area contributed by atoms with E-state index in [4.69, 9.17) is 25.8 Å². The molecule has 0 aliphatic heterocycles. The monoisotopic (exact) mass is 308 g/mol. The molecule has 0 aliphatic rings. The molecule has 0 saturated heterocycles. The summed E-state index contributed by atoms with van der Waals surface area (Å²) in [6, 6.07) is 3.59. The zero-order chi connectivity index (χ0) is 15.6. The molecule has 2 aromatic rings. The summed E-state index contributed by atoms with van der Waals surface area (Å²) in [4.78, 5) is 8.78. The summed E-state index contributed by atoms with van der Waals surface area (Å²) in [7, 11) is 4.69. The first kappa shape index (κ1) is 15.4. The first-order valence-corrected chi connectivity index (χ1v) is 6.70. The number of benzene rings is 1. The number of ether oxygens (including phenoxy) is 3. The average Bonchev–Trinajstić information content (AvgIpc) is 2.50. The Morgan fingerprint density at radius 1 is 0.905 bits per heavy atom. The van der Waals surface area contributed by atoms with Crippen molar-refractivity contribution in [1.29, 1.82) is 0 Å². The second-order valence-corrected chi connectivity index (χ2v) is 4.82. The van der Waals surface area contributed by atoms with Crippen molar-refractivity contribution >= 4 is 11.6 Å². The van der Waals surface area contributed by atoms with Crippen LogP contribution in [0.5, 0.6) is 17.2 Å². The zero-order valence-electron chi connectivity index (χ0n) is 12.7. The van der Waals surface area contributed by atoms with E-state index in [2.05, 4.69) is 9.97 Å². The van der Waals surface area contributed by atoms with Gasteiger partial charge in [-0.25, -0.2) is 9.97 Å². The van der Waals surface area contributed by atoms with Gasteiger partial charge in [-0.15, -0.1) is 0 Å². The van der Waals surface area contributed by atoms with Crippen molar-refractivity contribution in [2.45, 2.75) is 13.8 Å². The SMILES string of the molecule is COc1cc(-c2nc(C)c(C)c(Cl)n2)cc(OC)c1OC. The van der Waals surface area contributed by atoms with Gasteiger partial charge in [0.05, 0.1) is 21.3 Å². The topological polar surface area (TPSA) is 53.5 Å². The first-order chi connectivity index (χ1) is 10.0. The Bertz CT molecular complexity index is 626. The van der Waals surface area contributed by atoms with Crippen molar-refractivity contribution < 1.29 is 14.2 Å². The summed E-state index contributed by atoms with van der Waals surface area (Å²) in [5.41, 5.74) is 2.45. The molecule has 112 valence electrons. The fourth-order valence-electron chi connectivity index (χ4n) is 1.93. The number of rotatable bonds is 4. The van der Waals surface area contributed by atoms with Crippen molar-refractivity contribution in [3.05, 3.63) is 28.5 Å². The Labute approximate surface area is 128 Å². The highest BCUT2D eigenvalue weighted by molar-refractivity contribution is 6.30. The maximum absolute atomic E-state index is 6.14. The molecule has 1 heterocycles. The number of aromatic nitrogens is 2. The average molecular weight is 309 g/mol. The van der Waals surface area contributed by atoms with Crippen LogP contribution in [0.4, 0.5) is 0 Å². The van der Waals surface area contributed by atoms with Crippen molar-refractivity contribution in [1.82, 2.24) is 9.97 Å². The lowest BCUT2D eigenvalue weighted by atomic mass is 10.1. The van der Waals surface area contributed by atoms with Gasteiger partial charge in [0.2, 0.25) is 5.75 Å². The van der Waals surface area contributed by atoms with E-state index in [-0.39, 0.29) is 0 Å². The predicted molar refractivity (Wildman–Crippen MR) is 81.6 cm³/mol. The molecule has 0 amide bonds. The minimum atomic E-state index is 0.436. The number of halogens is 1. The van der Waals surface area contributed by atoms with E-state index in [9.17, 15) is 0 Å². The van der Waals surface area contributed by atoms with Gasteiger partial charge in [-0.2, -0.15) is 0 Å². The number of methoxy groups -OCH3 is 3. The number of hydrogen-bond acceptors (Lipinski definition) is 5. The summed E-state index contributed by atoms with van der Waals surface area (Å²) in [5, 5.41) is 0.436. The van der Waals surface area contributed by atoms with Gasteiger partial charge in [-0.1, -0.05) is 11.6 Å². The van der Waals surface area contributed by atoms with Crippen LogP contribution in [-0.2, 0) is 0 Å². The molecule has 6 heteroatoms. The molecule has 0 aliphatic carbocycles. The molecule has 0 unspecified atom stereocenters. The fraction of sp³-hybridized carbons (Fsp3) is 0.333. The lowest BCUT2D eigenvalue weighted by Crippen LogP contribution is -1.99. The van der Waals surface area contributed by atoms with Gasteiger partial charge >= 0.3 is 0 Å². The van der Waals surface area contributed by atoms with Crippen LogP contribution >= 0.6 is 11.6 Å².